The lowest BCUT2D eigenvalue weighted by molar-refractivity contribution is 0.0595. The molecule has 1 aromatic carbocycles. The first-order valence-electron chi connectivity index (χ1n) is 9.28. The molecule has 0 saturated carbocycles. The zero-order valence-corrected chi connectivity index (χ0v) is 16.1. The van der Waals surface area contributed by atoms with Crippen LogP contribution in [-0.2, 0) is 6.54 Å². The summed E-state index contributed by atoms with van der Waals surface area (Å²) in [6.07, 6.45) is 8.21. The van der Waals surface area contributed by atoms with Gasteiger partial charge in [0, 0.05) is 37.1 Å². The van der Waals surface area contributed by atoms with E-state index in [9.17, 15) is 4.79 Å². The van der Waals surface area contributed by atoms with Gasteiger partial charge in [0.25, 0.3) is 5.91 Å². The summed E-state index contributed by atoms with van der Waals surface area (Å²) in [5.74, 6) is 1.19. The van der Waals surface area contributed by atoms with Crippen molar-refractivity contribution >= 4 is 27.5 Å². The molecule has 2 aromatic heterocycles. The number of imidazole rings is 1. The van der Waals surface area contributed by atoms with Gasteiger partial charge in [0.2, 0.25) is 0 Å². The average molecular weight is 369 g/mol. The van der Waals surface area contributed by atoms with Gasteiger partial charge in [-0.3, -0.25) is 4.79 Å². The molecule has 3 aromatic rings. The molecule has 0 aliphatic carbocycles. The highest BCUT2D eigenvalue weighted by Gasteiger charge is 2.27. The van der Waals surface area contributed by atoms with Crippen LogP contribution in [0.5, 0.6) is 0 Å². The van der Waals surface area contributed by atoms with E-state index in [1.54, 1.807) is 11.3 Å². The second kappa shape index (κ2) is 7.19. The average Bonchev–Trinajstić information content (AvgIpc) is 3.23. The smallest absolute Gasteiger partial charge is 0.254 e. The number of carbonyl (C=O) groups excluding carboxylic acids is 1. The van der Waals surface area contributed by atoms with Gasteiger partial charge >= 0.3 is 0 Å². The SMILES string of the molecule is Cc1nc2ccc(C(=O)N3CCCC[C@H]3CCn3ccnc3C)cc2s1. The van der Waals surface area contributed by atoms with Gasteiger partial charge in [-0.05, 0) is 57.7 Å². The Kier molecular flexibility index (Phi) is 4.76. The van der Waals surface area contributed by atoms with Gasteiger partial charge in [-0.1, -0.05) is 0 Å². The lowest BCUT2D eigenvalue weighted by atomic mass is 9.98. The molecule has 1 atom stereocenters. The molecule has 136 valence electrons. The van der Waals surface area contributed by atoms with Crippen LogP contribution in [0.3, 0.4) is 0 Å². The zero-order valence-electron chi connectivity index (χ0n) is 15.3. The Hall–Kier alpha value is -2.21. The Morgan fingerprint density at radius 1 is 1.31 bits per heavy atom. The molecule has 0 bridgehead atoms. The van der Waals surface area contributed by atoms with Gasteiger partial charge in [-0.15, -0.1) is 11.3 Å². The monoisotopic (exact) mass is 368 g/mol. The van der Waals surface area contributed by atoms with Crippen molar-refractivity contribution in [2.24, 2.45) is 0 Å². The normalized spacial score (nSPS) is 17.8. The number of rotatable bonds is 4. The molecule has 0 spiro atoms. The van der Waals surface area contributed by atoms with E-state index >= 15 is 0 Å². The van der Waals surface area contributed by atoms with Crippen molar-refractivity contribution in [3.05, 3.63) is 47.0 Å². The first-order valence-corrected chi connectivity index (χ1v) is 10.1. The molecule has 1 amide bonds. The summed E-state index contributed by atoms with van der Waals surface area (Å²) in [4.78, 5) is 24.1. The number of nitrogens with zero attached hydrogens (tertiary/aromatic N) is 4. The summed E-state index contributed by atoms with van der Waals surface area (Å²) < 4.78 is 3.26. The van der Waals surface area contributed by atoms with Crippen molar-refractivity contribution in [3.63, 3.8) is 0 Å². The fourth-order valence-electron chi connectivity index (χ4n) is 3.83. The summed E-state index contributed by atoms with van der Waals surface area (Å²) in [6.45, 7) is 5.79. The molecule has 1 fully saturated rings. The largest absolute Gasteiger partial charge is 0.336 e. The minimum atomic E-state index is 0.157. The van der Waals surface area contributed by atoms with Gasteiger partial charge in [0.1, 0.15) is 5.82 Å². The van der Waals surface area contributed by atoms with Crippen molar-refractivity contribution < 1.29 is 4.79 Å². The van der Waals surface area contributed by atoms with Gasteiger partial charge in [0.15, 0.2) is 0 Å². The van der Waals surface area contributed by atoms with E-state index in [4.69, 9.17) is 0 Å². The molecular formula is C20H24N4OS. The fourth-order valence-corrected chi connectivity index (χ4v) is 4.70. The van der Waals surface area contributed by atoms with Crippen LogP contribution in [0.4, 0.5) is 0 Å². The zero-order chi connectivity index (χ0) is 18.1. The van der Waals surface area contributed by atoms with E-state index in [1.165, 1.54) is 6.42 Å². The van der Waals surface area contributed by atoms with Crippen molar-refractivity contribution in [2.75, 3.05) is 6.54 Å². The van der Waals surface area contributed by atoms with Crippen molar-refractivity contribution in [3.8, 4) is 0 Å². The van der Waals surface area contributed by atoms with Gasteiger partial charge in [-0.2, -0.15) is 0 Å². The second-order valence-corrected chi connectivity index (χ2v) is 8.25. The Labute approximate surface area is 157 Å². The molecule has 6 heteroatoms. The molecule has 1 aliphatic rings. The van der Waals surface area contributed by atoms with E-state index in [0.717, 1.165) is 59.0 Å². The Morgan fingerprint density at radius 3 is 3.00 bits per heavy atom. The molecule has 4 rings (SSSR count). The molecule has 0 unspecified atom stereocenters. The Bertz CT molecular complexity index is 929. The minimum absolute atomic E-state index is 0.157. The van der Waals surface area contributed by atoms with E-state index in [1.807, 2.05) is 44.4 Å². The van der Waals surface area contributed by atoms with Crippen molar-refractivity contribution in [1.29, 1.82) is 0 Å². The maximum absolute atomic E-state index is 13.2. The van der Waals surface area contributed by atoms with E-state index in [-0.39, 0.29) is 5.91 Å². The molecule has 3 heterocycles. The van der Waals surface area contributed by atoms with Crippen molar-refractivity contribution in [2.45, 2.75) is 52.1 Å². The third-order valence-electron chi connectivity index (χ3n) is 5.26. The van der Waals surface area contributed by atoms with Crippen LogP contribution >= 0.6 is 11.3 Å². The number of hydrogen-bond donors (Lipinski definition) is 0. The molecule has 1 saturated heterocycles. The number of piperidine rings is 1. The van der Waals surface area contributed by atoms with Crippen molar-refractivity contribution in [1.82, 2.24) is 19.4 Å². The van der Waals surface area contributed by atoms with E-state index < -0.39 is 0 Å². The second-order valence-electron chi connectivity index (χ2n) is 7.02. The quantitative estimate of drug-likeness (QED) is 0.694. The fraction of sp³-hybridized carbons (Fsp3) is 0.450. The number of aromatic nitrogens is 3. The Balaban J connectivity index is 1.52. The molecule has 1 aliphatic heterocycles. The Morgan fingerprint density at radius 2 is 2.19 bits per heavy atom. The third kappa shape index (κ3) is 3.38. The minimum Gasteiger partial charge on any atom is -0.336 e. The van der Waals surface area contributed by atoms with Crippen LogP contribution in [0.25, 0.3) is 10.2 Å². The van der Waals surface area contributed by atoms with E-state index in [0.29, 0.717) is 6.04 Å². The number of thiazole rings is 1. The summed E-state index contributed by atoms with van der Waals surface area (Å²) >= 11 is 1.65. The maximum atomic E-state index is 13.2. The maximum Gasteiger partial charge on any atom is 0.254 e. The van der Waals surface area contributed by atoms with Crippen LogP contribution in [0.1, 0.15) is 46.9 Å². The first-order chi connectivity index (χ1) is 12.6. The summed E-state index contributed by atoms with van der Waals surface area (Å²) in [6, 6.07) is 6.21. The third-order valence-corrected chi connectivity index (χ3v) is 6.19. The number of hydrogen-bond acceptors (Lipinski definition) is 4. The van der Waals surface area contributed by atoms with Gasteiger partial charge < -0.3 is 9.47 Å². The number of aryl methyl sites for hydroxylation is 3. The number of benzene rings is 1. The predicted molar refractivity (Wildman–Crippen MR) is 105 cm³/mol. The molecule has 0 radical (unpaired) electrons. The summed E-state index contributed by atoms with van der Waals surface area (Å²) in [5.41, 5.74) is 1.77. The lowest BCUT2D eigenvalue weighted by Gasteiger charge is -2.36. The lowest BCUT2D eigenvalue weighted by Crippen LogP contribution is -2.44. The predicted octanol–water partition coefficient (Wildman–Crippen LogP) is 4.19. The van der Waals surface area contributed by atoms with Crippen LogP contribution < -0.4 is 0 Å². The summed E-state index contributed by atoms with van der Waals surface area (Å²) in [5, 5.41) is 1.04. The number of amides is 1. The molecular weight excluding hydrogens is 344 g/mol. The molecule has 5 nitrogen and oxygen atoms in total. The van der Waals surface area contributed by atoms with Gasteiger partial charge in [0.05, 0.1) is 15.2 Å². The standard InChI is InChI=1S/C20H24N4OS/c1-14-21-9-12-23(14)11-8-17-5-3-4-10-24(17)20(25)16-6-7-18-19(13-16)26-15(2)22-18/h6-7,9,12-13,17H,3-5,8,10-11H2,1-2H3/t17-/m0/s1. The molecule has 0 N–H and O–H groups in total. The van der Waals surface area contributed by atoms with Crippen LogP contribution in [-0.4, -0.2) is 37.9 Å². The van der Waals surface area contributed by atoms with E-state index in [2.05, 4.69) is 19.4 Å². The van der Waals surface area contributed by atoms with Crippen LogP contribution in [0.2, 0.25) is 0 Å². The van der Waals surface area contributed by atoms with Gasteiger partial charge in [-0.25, -0.2) is 9.97 Å². The summed E-state index contributed by atoms with van der Waals surface area (Å²) in [7, 11) is 0. The van der Waals surface area contributed by atoms with Crippen LogP contribution in [0.15, 0.2) is 30.6 Å². The highest BCUT2D eigenvalue weighted by Crippen LogP contribution is 2.26. The highest BCUT2D eigenvalue weighted by molar-refractivity contribution is 7.18. The topological polar surface area (TPSA) is 51.0 Å². The number of likely N-dealkylation sites (tertiary alicyclic amines) is 1. The molecule has 26 heavy (non-hydrogen) atoms. The number of fused-ring (bicyclic) bond motifs is 1. The highest BCUT2D eigenvalue weighted by atomic mass is 32.1. The van der Waals surface area contributed by atoms with Crippen LogP contribution in [0, 0.1) is 13.8 Å². The number of carbonyl (C=O) groups is 1. The first kappa shape index (κ1) is 17.2.